The molecule has 2 atom stereocenters. The van der Waals surface area contributed by atoms with Gasteiger partial charge in [0, 0.05) is 25.1 Å². The van der Waals surface area contributed by atoms with Crippen LogP contribution in [0.3, 0.4) is 0 Å². The molecule has 26 heavy (non-hydrogen) atoms. The molecule has 5 rings (SSSR count). The van der Waals surface area contributed by atoms with Crippen molar-refractivity contribution in [1.82, 2.24) is 5.32 Å². The molecule has 3 aliphatic rings. The summed E-state index contributed by atoms with van der Waals surface area (Å²) in [4.78, 5) is 0. The number of ether oxygens (including phenoxy) is 3. The monoisotopic (exact) mass is 363 g/mol. The lowest BCUT2D eigenvalue weighted by Gasteiger charge is -2.46. The first-order chi connectivity index (χ1) is 12.5. The molecule has 1 saturated heterocycles. The van der Waals surface area contributed by atoms with E-state index >= 15 is 0 Å². The SMILES string of the molecule is FC(F)(F)c1ccc2c(c1)[C@@H]1CNC[C@]21COc1ccc2c(c1)OCO2. The van der Waals surface area contributed by atoms with Gasteiger partial charge in [0.25, 0.3) is 0 Å². The number of benzene rings is 2. The van der Waals surface area contributed by atoms with Gasteiger partial charge in [-0.05, 0) is 35.4 Å². The molecule has 4 nitrogen and oxygen atoms in total. The molecule has 2 aromatic rings. The lowest BCUT2D eigenvalue weighted by Crippen LogP contribution is -2.48. The summed E-state index contributed by atoms with van der Waals surface area (Å²) in [5, 5.41) is 3.30. The van der Waals surface area contributed by atoms with E-state index in [-0.39, 0.29) is 18.1 Å². The molecule has 2 heterocycles. The summed E-state index contributed by atoms with van der Waals surface area (Å²) in [7, 11) is 0. The Hall–Kier alpha value is -2.41. The maximum absolute atomic E-state index is 13.0. The van der Waals surface area contributed by atoms with Crippen LogP contribution in [0.5, 0.6) is 17.2 Å². The van der Waals surface area contributed by atoms with Gasteiger partial charge in [-0.25, -0.2) is 0 Å². The normalized spacial score (nSPS) is 25.4. The molecule has 2 aromatic carbocycles. The fourth-order valence-corrected chi connectivity index (χ4v) is 4.26. The Labute approximate surface area is 147 Å². The van der Waals surface area contributed by atoms with Gasteiger partial charge in [0.05, 0.1) is 17.6 Å². The number of halogens is 3. The second kappa shape index (κ2) is 5.30. The molecular formula is C19H16F3NO3. The average molecular weight is 363 g/mol. The van der Waals surface area contributed by atoms with E-state index in [0.29, 0.717) is 36.9 Å². The molecule has 0 bridgehead atoms. The predicted octanol–water partition coefficient (Wildman–Crippen LogP) is 3.45. The Morgan fingerprint density at radius 3 is 2.81 bits per heavy atom. The number of alkyl halides is 3. The number of rotatable bonds is 3. The van der Waals surface area contributed by atoms with Crippen molar-refractivity contribution in [2.24, 2.45) is 0 Å². The molecule has 0 amide bonds. The van der Waals surface area contributed by atoms with Gasteiger partial charge in [-0.15, -0.1) is 0 Å². The number of hydrogen-bond donors (Lipinski definition) is 1. The molecule has 0 saturated carbocycles. The highest BCUT2D eigenvalue weighted by Gasteiger charge is 2.55. The van der Waals surface area contributed by atoms with E-state index in [1.54, 1.807) is 18.2 Å². The van der Waals surface area contributed by atoms with Crippen LogP contribution >= 0.6 is 0 Å². The van der Waals surface area contributed by atoms with Gasteiger partial charge in [0.15, 0.2) is 11.5 Å². The van der Waals surface area contributed by atoms with Crippen LogP contribution < -0.4 is 19.5 Å². The zero-order valence-electron chi connectivity index (χ0n) is 13.7. The van der Waals surface area contributed by atoms with E-state index in [2.05, 4.69) is 5.32 Å². The minimum absolute atomic E-state index is 0.0359. The summed E-state index contributed by atoms with van der Waals surface area (Å²) in [6.45, 7) is 1.96. The molecule has 0 spiro atoms. The van der Waals surface area contributed by atoms with Gasteiger partial charge < -0.3 is 19.5 Å². The first kappa shape index (κ1) is 15.8. The standard InChI is InChI=1S/C19H16F3NO3/c20-19(21,22)11-1-3-14-13(5-11)15-7-23-8-18(14,15)9-24-12-2-4-16-17(6-12)26-10-25-16/h1-6,15,23H,7-10H2/t15-,18-/m0/s1. The van der Waals surface area contributed by atoms with Gasteiger partial charge in [-0.1, -0.05) is 6.07 Å². The molecule has 7 heteroatoms. The van der Waals surface area contributed by atoms with Crippen molar-refractivity contribution in [3.8, 4) is 17.2 Å². The zero-order chi connectivity index (χ0) is 17.9. The molecule has 1 N–H and O–H groups in total. The quantitative estimate of drug-likeness (QED) is 0.907. The van der Waals surface area contributed by atoms with E-state index in [0.717, 1.165) is 17.2 Å². The lowest BCUT2D eigenvalue weighted by molar-refractivity contribution is -0.137. The Balaban J connectivity index is 1.40. The van der Waals surface area contributed by atoms with Crippen LogP contribution in [0.15, 0.2) is 36.4 Å². The fourth-order valence-electron chi connectivity index (χ4n) is 4.26. The van der Waals surface area contributed by atoms with Gasteiger partial charge in [-0.2, -0.15) is 13.2 Å². The summed E-state index contributed by atoms with van der Waals surface area (Å²) in [5.41, 5.74) is 0.851. The molecular weight excluding hydrogens is 347 g/mol. The first-order valence-electron chi connectivity index (χ1n) is 8.42. The smallest absolute Gasteiger partial charge is 0.416 e. The highest BCUT2D eigenvalue weighted by Crippen LogP contribution is 2.55. The van der Waals surface area contributed by atoms with Crippen molar-refractivity contribution in [3.63, 3.8) is 0 Å². The fraction of sp³-hybridized carbons (Fsp3) is 0.368. The molecule has 2 aliphatic heterocycles. The third-order valence-corrected chi connectivity index (χ3v) is 5.59. The van der Waals surface area contributed by atoms with Crippen molar-refractivity contribution in [1.29, 1.82) is 0 Å². The molecule has 0 unspecified atom stereocenters. The Bertz CT molecular complexity index is 883. The van der Waals surface area contributed by atoms with Gasteiger partial charge in [0.2, 0.25) is 6.79 Å². The highest BCUT2D eigenvalue weighted by molar-refractivity contribution is 5.55. The van der Waals surface area contributed by atoms with Gasteiger partial charge >= 0.3 is 6.18 Å². The largest absolute Gasteiger partial charge is 0.492 e. The Morgan fingerprint density at radius 1 is 1.12 bits per heavy atom. The molecule has 0 radical (unpaired) electrons. The van der Waals surface area contributed by atoms with Crippen LogP contribution in [0.25, 0.3) is 0 Å². The summed E-state index contributed by atoms with van der Waals surface area (Å²) in [6, 6.07) is 9.44. The summed E-state index contributed by atoms with van der Waals surface area (Å²) >= 11 is 0. The van der Waals surface area contributed by atoms with E-state index in [9.17, 15) is 13.2 Å². The van der Waals surface area contributed by atoms with Crippen molar-refractivity contribution in [2.45, 2.75) is 17.5 Å². The van der Waals surface area contributed by atoms with Crippen LogP contribution in [0.1, 0.15) is 22.6 Å². The molecule has 136 valence electrons. The van der Waals surface area contributed by atoms with Crippen LogP contribution in [-0.2, 0) is 11.6 Å². The van der Waals surface area contributed by atoms with E-state index in [1.165, 1.54) is 6.07 Å². The van der Waals surface area contributed by atoms with Crippen molar-refractivity contribution in [3.05, 3.63) is 53.1 Å². The van der Waals surface area contributed by atoms with Crippen LogP contribution in [0.4, 0.5) is 13.2 Å². The average Bonchev–Trinajstić information content (AvgIpc) is 3.21. The van der Waals surface area contributed by atoms with Crippen molar-refractivity contribution in [2.75, 3.05) is 26.5 Å². The van der Waals surface area contributed by atoms with Gasteiger partial charge in [0.1, 0.15) is 5.75 Å². The molecule has 1 fully saturated rings. The van der Waals surface area contributed by atoms with Crippen LogP contribution in [0, 0.1) is 0 Å². The van der Waals surface area contributed by atoms with Crippen molar-refractivity contribution < 1.29 is 27.4 Å². The van der Waals surface area contributed by atoms with Gasteiger partial charge in [-0.3, -0.25) is 0 Å². The molecule has 0 aromatic heterocycles. The first-order valence-corrected chi connectivity index (χ1v) is 8.42. The zero-order valence-corrected chi connectivity index (χ0v) is 13.7. The predicted molar refractivity (Wildman–Crippen MR) is 86.8 cm³/mol. The van der Waals surface area contributed by atoms with Crippen LogP contribution in [0.2, 0.25) is 0 Å². The lowest BCUT2D eigenvalue weighted by atomic mass is 9.58. The maximum Gasteiger partial charge on any atom is 0.416 e. The number of hydrogen-bond acceptors (Lipinski definition) is 4. The topological polar surface area (TPSA) is 39.7 Å². The third-order valence-electron chi connectivity index (χ3n) is 5.59. The minimum Gasteiger partial charge on any atom is -0.492 e. The summed E-state index contributed by atoms with van der Waals surface area (Å²) in [6.07, 6.45) is -4.32. The number of fused-ring (bicyclic) bond motifs is 5. The minimum atomic E-state index is -4.32. The second-order valence-electron chi connectivity index (χ2n) is 6.94. The Morgan fingerprint density at radius 2 is 1.96 bits per heavy atom. The van der Waals surface area contributed by atoms with Crippen LogP contribution in [-0.4, -0.2) is 26.5 Å². The molecule has 1 aliphatic carbocycles. The van der Waals surface area contributed by atoms with E-state index in [4.69, 9.17) is 14.2 Å². The summed E-state index contributed by atoms with van der Waals surface area (Å²) < 4.78 is 55.6. The van der Waals surface area contributed by atoms with Crippen molar-refractivity contribution >= 4 is 0 Å². The van der Waals surface area contributed by atoms with E-state index in [1.807, 2.05) is 6.07 Å². The summed E-state index contributed by atoms with van der Waals surface area (Å²) in [5.74, 6) is 2.03. The third kappa shape index (κ3) is 2.19. The Kier molecular flexibility index (Phi) is 3.22. The maximum atomic E-state index is 13.0. The number of nitrogens with one attached hydrogen (secondary N) is 1. The second-order valence-corrected chi connectivity index (χ2v) is 6.94. The highest BCUT2D eigenvalue weighted by atomic mass is 19.4. The van der Waals surface area contributed by atoms with E-state index < -0.39 is 11.7 Å².